The van der Waals surface area contributed by atoms with Gasteiger partial charge in [0, 0.05) is 12.8 Å². The Labute approximate surface area is 349 Å². The molecule has 0 aromatic heterocycles. The van der Waals surface area contributed by atoms with E-state index in [1.807, 2.05) is 6.08 Å². The fraction of sp³-hybridized carbons (Fsp3) is 0.750. The number of aliphatic carboxylic acids is 1. The summed E-state index contributed by atoms with van der Waals surface area (Å²) in [5.74, 6) is -2.65. The van der Waals surface area contributed by atoms with E-state index < -0.39 is 69.9 Å². The molecule has 0 bridgehead atoms. The van der Waals surface area contributed by atoms with Gasteiger partial charge < -0.3 is 35.4 Å². The molecule has 0 aromatic rings. The third-order valence-electron chi connectivity index (χ3n) is 9.27. The lowest BCUT2D eigenvalue weighted by molar-refractivity contribution is -0.161. The Morgan fingerprint density at radius 2 is 1.12 bits per heavy atom. The molecule has 13 nitrogen and oxygen atoms in total. The van der Waals surface area contributed by atoms with Crippen molar-refractivity contribution in [3.05, 3.63) is 48.6 Å². The van der Waals surface area contributed by atoms with Crippen molar-refractivity contribution in [1.29, 1.82) is 0 Å². The minimum atomic E-state index is -4.77. The number of rotatable bonds is 40. The van der Waals surface area contributed by atoms with Crippen LogP contribution in [0.5, 0.6) is 0 Å². The summed E-state index contributed by atoms with van der Waals surface area (Å²) < 4.78 is 32.5. The number of carbonyl (C=O) groups excluding carboxylic acids is 2. The SMILES string of the molecule is CCCCC/C=C\C[C@@H](O)/C=C/C=C/C=C\[C@@H](O)CCCC(=O)OC[C@H](COP(=O)(O)OC[C@H](N)C(=O)O)OC(=O)CCCCCCCCCCCCCCCCC. The molecular formula is C44H78NO12P. The highest BCUT2D eigenvalue weighted by Crippen LogP contribution is 2.43. The first-order valence-electron chi connectivity index (χ1n) is 21.9. The standard InChI is InChI=1S/C44H78NO12P/c1-3-5-7-9-11-12-13-14-15-16-17-18-19-21-27-33-43(49)57-40(36-55-58(52,53)56-37-41(45)44(50)51)35-54-42(48)34-28-32-39(47)31-26-23-22-25-30-38(46)29-24-20-10-8-6-4-2/h20,22-26,30-31,38-41,46-47H,3-19,21,27-29,32-37,45H2,1-2H3,(H,50,51)(H,52,53)/b23-22+,24-20-,30-25+,31-26-/t38-,39-,40-,41+/m1/s1. The molecule has 0 aliphatic heterocycles. The van der Waals surface area contributed by atoms with Crippen LogP contribution in [0.15, 0.2) is 48.6 Å². The molecular weight excluding hydrogens is 765 g/mol. The number of hydrogen-bond acceptors (Lipinski definition) is 11. The zero-order valence-corrected chi connectivity index (χ0v) is 36.5. The molecule has 0 heterocycles. The topological polar surface area (TPSA) is 212 Å². The maximum atomic E-state index is 12.6. The fourth-order valence-corrected chi connectivity index (χ4v) is 6.51. The van der Waals surface area contributed by atoms with Crippen molar-refractivity contribution in [1.82, 2.24) is 0 Å². The molecule has 0 fully saturated rings. The van der Waals surface area contributed by atoms with Crippen molar-refractivity contribution in [2.45, 2.75) is 192 Å². The average Bonchev–Trinajstić information content (AvgIpc) is 3.19. The minimum Gasteiger partial charge on any atom is -0.480 e. The number of esters is 2. The van der Waals surface area contributed by atoms with Gasteiger partial charge in [-0.25, -0.2) is 4.57 Å². The largest absolute Gasteiger partial charge is 0.480 e. The fourth-order valence-electron chi connectivity index (χ4n) is 5.73. The van der Waals surface area contributed by atoms with E-state index in [0.717, 1.165) is 32.1 Å². The van der Waals surface area contributed by atoms with Gasteiger partial charge in [0.25, 0.3) is 0 Å². The lowest BCUT2D eigenvalue weighted by Gasteiger charge is -2.20. The molecule has 14 heteroatoms. The van der Waals surface area contributed by atoms with E-state index >= 15 is 0 Å². The van der Waals surface area contributed by atoms with E-state index in [4.69, 9.17) is 24.8 Å². The number of phosphoric acid groups is 1. The summed E-state index contributed by atoms with van der Waals surface area (Å²) in [6.45, 7) is 2.49. The molecule has 58 heavy (non-hydrogen) atoms. The summed E-state index contributed by atoms with van der Waals surface area (Å²) in [4.78, 5) is 46.0. The Balaban J connectivity index is 4.61. The summed E-state index contributed by atoms with van der Waals surface area (Å²) in [6, 6.07) is -1.56. The van der Waals surface area contributed by atoms with Gasteiger partial charge in [-0.1, -0.05) is 165 Å². The number of allylic oxidation sites excluding steroid dienone is 5. The molecule has 6 N–H and O–H groups in total. The monoisotopic (exact) mass is 844 g/mol. The predicted molar refractivity (Wildman–Crippen MR) is 229 cm³/mol. The van der Waals surface area contributed by atoms with Crippen molar-refractivity contribution in [3.8, 4) is 0 Å². The molecule has 1 unspecified atom stereocenters. The van der Waals surface area contributed by atoms with Gasteiger partial charge in [-0.3, -0.25) is 23.4 Å². The average molecular weight is 844 g/mol. The van der Waals surface area contributed by atoms with Gasteiger partial charge in [-0.05, 0) is 38.5 Å². The van der Waals surface area contributed by atoms with Crippen LogP contribution in [0.2, 0.25) is 0 Å². The number of carboxylic acid groups (broad SMARTS) is 1. The minimum absolute atomic E-state index is 0.0380. The summed E-state index contributed by atoms with van der Waals surface area (Å²) >= 11 is 0. The van der Waals surface area contributed by atoms with Gasteiger partial charge in [0.2, 0.25) is 0 Å². The van der Waals surface area contributed by atoms with Crippen molar-refractivity contribution >= 4 is 25.7 Å². The highest BCUT2D eigenvalue weighted by molar-refractivity contribution is 7.47. The lowest BCUT2D eigenvalue weighted by atomic mass is 10.0. The van der Waals surface area contributed by atoms with Gasteiger partial charge in [0.05, 0.1) is 25.4 Å². The number of ether oxygens (including phenoxy) is 2. The molecule has 0 aliphatic carbocycles. The van der Waals surface area contributed by atoms with Crippen LogP contribution in [0, 0.1) is 0 Å². The molecule has 0 saturated heterocycles. The van der Waals surface area contributed by atoms with Gasteiger partial charge in [0.1, 0.15) is 12.6 Å². The number of carboxylic acids is 1. The van der Waals surface area contributed by atoms with Crippen molar-refractivity contribution in [2.24, 2.45) is 5.73 Å². The molecule has 0 aromatic carbocycles. The molecule has 0 rings (SSSR count). The number of unbranched alkanes of at least 4 members (excludes halogenated alkanes) is 17. The number of carbonyl (C=O) groups is 3. The highest BCUT2D eigenvalue weighted by Gasteiger charge is 2.28. The zero-order chi connectivity index (χ0) is 43.1. The second-order valence-electron chi connectivity index (χ2n) is 14.9. The van der Waals surface area contributed by atoms with E-state index in [0.29, 0.717) is 19.3 Å². The molecule has 0 amide bonds. The number of aliphatic hydroxyl groups is 2. The molecule has 0 spiro atoms. The van der Waals surface area contributed by atoms with Crippen LogP contribution in [0.3, 0.4) is 0 Å². The van der Waals surface area contributed by atoms with Crippen LogP contribution >= 0.6 is 7.82 Å². The van der Waals surface area contributed by atoms with E-state index in [1.165, 1.54) is 83.5 Å². The normalized spacial score (nSPS) is 15.3. The predicted octanol–water partition coefficient (Wildman–Crippen LogP) is 9.34. The molecule has 0 radical (unpaired) electrons. The number of phosphoric ester groups is 1. The van der Waals surface area contributed by atoms with Gasteiger partial charge in [0.15, 0.2) is 6.10 Å². The Hall–Kier alpha value is -2.64. The van der Waals surface area contributed by atoms with Crippen molar-refractivity contribution in [2.75, 3.05) is 19.8 Å². The van der Waals surface area contributed by atoms with Crippen LogP contribution in [0.4, 0.5) is 0 Å². The number of hydrogen-bond donors (Lipinski definition) is 5. The first-order valence-corrected chi connectivity index (χ1v) is 23.4. The zero-order valence-electron chi connectivity index (χ0n) is 35.6. The van der Waals surface area contributed by atoms with Crippen LogP contribution in [-0.2, 0) is 37.5 Å². The van der Waals surface area contributed by atoms with Crippen LogP contribution in [-0.4, -0.2) is 82.3 Å². The molecule has 5 atom stereocenters. The molecule has 0 saturated carbocycles. The lowest BCUT2D eigenvalue weighted by Crippen LogP contribution is -2.34. The van der Waals surface area contributed by atoms with E-state index in [9.17, 15) is 34.1 Å². The Bertz CT molecular complexity index is 1210. The quantitative estimate of drug-likeness (QED) is 0.0128. The maximum Gasteiger partial charge on any atom is 0.472 e. The third-order valence-corrected chi connectivity index (χ3v) is 10.2. The van der Waals surface area contributed by atoms with Crippen molar-refractivity contribution in [3.63, 3.8) is 0 Å². The van der Waals surface area contributed by atoms with E-state index in [1.54, 1.807) is 36.5 Å². The van der Waals surface area contributed by atoms with Crippen molar-refractivity contribution < 1.29 is 57.7 Å². The van der Waals surface area contributed by atoms with Crippen LogP contribution < -0.4 is 5.73 Å². The van der Waals surface area contributed by atoms with Crippen LogP contribution in [0.25, 0.3) is 0 Å². The van der Waals surface area contributed by atoms with Gasteiger partial charge >= 0.3 is 25.7 Å². The van der Waals surface area contributed by atoms with Gasteiger partial charge in [-0.2, -0.15) is 0 Å². The number of aliphatic hydroxyl groups excluding tert-OH is 2. The summed E-state index contributed by atoms with van der Waals surface area (Å²) in [6.07, 6.45) is 35.2. The number of nitrogens with two attached hydrogens (primary N) is 1. The second-order valence-corrected chi connectivity index (χ2v) is 16.3. The summed E-state index contributed by atoms with van der Waals surface area (Å²) in [7, 11) is -4.77. The summed E-state index contributed by atoms with van der Waals surface area (Å²) in [5, 5.41) is 29.1. The van der Waals surface area contributed by atoms with E-state index in [-0.39, 0.29) is 19.3 Å². The first kappa shape index (κ1) is 55.4. The van der Waals surface area contributed by atoms with Gasteiger partial charge in [-0.15, -0.1) is 0 Å². The van der Waals surface area contributed by atoms with Crippen LogP contribution in [0.1, 0.15) is 168 Å². The van der Waals surface area contributed by atoms with E-state index in [2.05, 4.69) is 24.4 Å². The summed E-state index contributed by atoms with van der Waals surface area (Å²) in [5.41, 5.74) is 5.32. The smallest absolute Gasteiger partial charge is 0.472 e. The maximum absolute atomic E-state index is 12.6. The third kappa shape index (κ3) is 37.6. The molecule has 336 valence electrons. The second kappa shape index (κ2) is 38.6. The Kier molecular flexibility index (Phi) is 36.8. The first-order chi connectivity index (χ1) is 27.9. The molecule has 0 aliphatic rings. The highest BCUT2D eigenvalue weighted by atomic mass is 31.2. The Morgan fingerprint density at radius 1 is 0.621 bits per heavy atom. The Morgan fingerprint density at radius 3 is 1.69 bits per heavy atom.